The number of fused-ring (bicyclic) bond motifs is 1. The van der Waals surface area contributed by atoms with Gasteiger partial charge in [-0.2, -0.15) is 0 Å². The predicted octanol–water partition coefficient (Wildman–Crippen LogP) is 4.50. The number of rotatable bonds is 3. The average molecular weight is 255 g/mol. The maximum Gasteiger partial charge on any atom is 0.134 e. The summed E-state index contributed by atoms with van der Waals surface area (Å²) in [6, 6.07) is 9.12. The van der Waals surface area contributed by atoms with Gasteiger partial charge < -0.3 is 9.73 Å². The average Bonchev–Trinajstić information content (AvgIpc) is 2.78. The molecule has 0 spiro atoms. The summed E-state index contributed by atoms with van der Waals surface area (Å²) in [4.78, 5) is 0. The van der Waals surface area contributed by atoms with Crippen molar-refractivity contribution < 1.29 is 4.42 Å². The van der Waals surface area contributed by atoms with Crippen LogP contribution in [0.4, 0.5) is 0 Å². The molecule has 0 bridgehead atoms. The first-order valence-corrected chi connectivity index (χ1v) is 7.15. The minimum atomic E-state index is 0.268. The molecule has 1 aliphatic rings. The molecule has 3 rings (SSSR count). The lowest BCUT2D eigenvalue weighted by molar-refractivity contribution is 0.380. The van der Waals surface area contributed by atoms with E-state index in [1.54, 1.807) is 0 Å². The van der Waals surface area contributed by atoms with Crippen LogP contribution in [0.5, 0.6) is 0 Å². The molecule has 0 amide bonds. The zero-order valence-corrected chi connectivity index (χ0v) is 11.6. The molecule has 0 aliphatic heterocycles. The molecule has 2 atom stereocenters. The van der Waals surface area contributed by atoms with E-state index in [9.17, 15) is 0 Å². The van der Waals surface area contributed by atoms with Crippen molar-refractivity contribution in [3.05, 3.63) is 47.7 Å². The Bertz CT molecular complexity index is 596. The summed E-state index contributed by atoms with van der Waals surface area (Å²) in [5, 5.41) is 4.92. The van der Waals surface area contributed by atoms with Crippen LogP contribution in [0.3, 0.4) is 0 Å². The van der Waals surface area contributed by atoms with Crippen LogP contribution in [0, 0.1) is 6.92 Å². The third kappa shape index (κ3) is 2.45. The van der Waals surface area contributed by atoms with Crippen LogP contribution in [0.1, 0.15) is 43.6 Å². The molecular weight excluding hydrogens is 234 g/mol. The highest BCUT2D eigenvalue weighted by molar-refractivity contribution is 5.82. The highest BCUT2D eigenvalue weighted by Gasteiger charge is 2.19. The molecule has 1 N–H and O–H groups in total. The number of hydrogen-bond acceptors (Lipinski definition) is 2. The first-order chi connectivity index (χ1) is 9.25. The topological polar surface area (TPSA) is 25.2 Å². The van der Waals surface area contributed by atoms with Crippen LogP contribution < -0.4 is 5.32 Å². The van der Waals surface area contributed by atoms with Gasteiger partial charge in [-0.1, -0.05) is 30.4 Å². The Labute approximate surface area is 114 Å². The third-order valence-corrected chi connectivity index (χ3v) is 4.03. The van der Waals surface area contributed by atoms with Crippen LogP contribution in [-0.2, 0) is 0 Å². The Morgan fingerprint density at radius 1 is 1.26 bits per heavy atom. The second-order valence-corrected chi connectivity index (χ2v) is 5.46. The van der Waals surface area contributed by atoms with Crippen LogP contribution >= 0.6 is 0 Å². The van der Waals surface area contributed by atoms with Gasteiger partial charge in [-0.15, -0.1) is 0 Å². The van der Waals surface area contributed by atoms with Crippen molar-refractivity contribution in [2.24, 2.45) is 0 Å². The number of para-hydroxylation sites is 1. The summed E-state index contributed by atoms with van der Waals surface area (Å²) in [5.74, 6) is 1.08. The Morgan fingerprint density at radius 2 is 2.11 bits per heavy atom. The fourth-order valence-electron chi connectivity index (χ4n) is 2.98. The first kappa shape index (κ1) is 12.5. The maximum absolute atomic E-state index is 6.02. The summed E-state index contributed by atoms with van der Waals surface area (Å²) >= 11 is 0. The van der Waals surface area contributed by atoms with Gasteiger partial charge in [0.25, 0.3) is 0 Å². The van der Waals surface area contributed by atoms with Crippen molar-refractivity contribution in [1.29, 1.82) is 0 Å². The van der Waals surface area contributed by atoms with Crippen molar-refractivity contribution in [3.8, 4) is 0 Å². The lowest BCUT2D eigenvalue weighted by atomic mass is 10.0. The molecule has 1 aromatic heterocycles. The van der Waals surface area contributed by atoms with E-state index in [-0.39, 0.29) is 6.04 Å². The molecule has 1 aliphatic carbocycles. The minimum Gasteiger partial charge on any atom is -0.459 e. The van der Waals surface area contributed by atoms with E-state index in [0.717, 1.165) is 17.8 Å². The van der Waals surface area contributed by atoms with Gasteiger partial charge in [-0.25, -0.2) is 0 Å². The smallest absolute Gasteiger partial charge is 0.134 e. The van der Waals surface area contributed by atoms with Crippen LogP contribution in [0.25, 0.3) is 11.0 Å². The molecule has 0 saturated heterocycles. The van der Waals surface area contributed by atoms with Crippen LogP contribution in [0.2, 0.25) is 0 Å². The van der Waals surface area contributed by atoms with Crippen molar-refractivity contribution >= 4 is 11.0 Å². The highest BCUT2D eigenvalue weighted by Crippen LogP contribution is 2.29. The third-order valence-electron chi connectivity index (χ3n) is 4.03. The second-order valence-electron chi connectivity index (χ2n) is 5.46. The Morgan fingerprint density at radius 3 is 2.84 bits per heavy atom. The number of furan rings is 1. The van der Waals surface area contributed by atoms with E-state index >= 15 is 0 Å². The van der Waals surface area contributed by atoms with E-state index in [2.05, 4.69) is 43.4 Å². The summed E-state index contributed by atoms with van der Waals surface area (Å²) in [7, 11) is 0. The van der Waals surface area contributed by atoms with Crippen LogP contribution in [-0.4, -0.2) is 6.04 Å². The van der Waals surface area contributed by atoms with Crippen molar-refractivity contribution in [3.63, 3.8) is 0 Å². The fraction of sp³-hybridized carbons (Fsp3) is 0.412. The van der Waals surface area contributed by atoms with Crippen LogP contribution in [0.15, 0.2) is 40.8 Å². The molecule has 2 heteroatoms. The molecule has 0 fully saturated rings. The van der Waals surface area contributed by atoms with Gasteiger partial charge in [-0.05, 0) is 44.7 Å². The lowest BCUT2D eigenvalue weighted by Gasteiger charge is -2.23. The molecule has 1 aromatic carbocycles. The molecular formula is C17H21NO. The Kier molecular flexibility index (Phi) is 3.43. The standard InChI is InChI=1S/C17H21NO/c1-12-15-10-6-7-11-16(15)19-17(12)13(2)18-14-8-4-3-5-9-14/h3-4,6-7,10-11,13-14,18H,5,8-9H2,1-2H3. The second kappa shape index (κ2) is 5.22. The SMILES string of the molecule is Cc1c(C(C)NC2CC=CCC2)oc2ccccc12. The predicted molar refractivity (Wildman–Crippen MR) is 79.3 cm³/mol. The molecule has 2 nitrogen and oxygen atoms in total. The molecule has 0 radical (unpaired) electrons. The summed E-state index contributed by atoms with van der Waals surface area (Å²) < 4.78 is 6.02. The number of hydrogen-bond donors (Lipinski definition) is 1. The van der Waals surface area contributed by atoms with E-state index in [0.29, 0.717) is 6.04 Å². The molecule has 2 unspecified atom stereocenters. The lowest BCUT2D eigenvalue weighted by Crippen LogP contribution is -2.32. The van der Waals surface area contributed by atoms with Gasteiger partial charge >= 0.3 is 0 Å². The quantitative estimate of drug-likeness (QED) is 0.817. The summed E-state index contributed by atoms with van der Waals surface area (Å²) in [6.07, 6.45) is 8.09. The van der Waals surface area contributed by atoms with Gasteiger partial charge in [0.2, 0.25) is 0 Å². The van der Waals surface area contributed by atoms with E-state index in [1.165, 1.54) is 23.8 Å². The van der Waals surface area contributed by atoms with E-state index < -0.39 is 0 Å². The Hall–Kier alpha value is -1.54. The highest BCUT2D eigenvalue weighted by atomic mass is 16.3. The number of nitrogens with one attached hydrogen (secondary N) is 1. The zero-order chi connectivity index (χ0) is 13.2. The minimum absolute atomic E-state index is 0.268. The Balaban J connectivity index is 1.82. The monoisotopic (exact) mass is 255 g/mol. The fourth-order valence-corrected chi connectivity index (χ4v) is 2.98. The van der Waals surface area contributed by atoms with Gasteiger partial charge in [0.15, 0.2) is 0 Å². The number of allylic oxidation sites excluding steroid dienone is 1. The summed E-state index contributed by atoms with van der Waals surface area (Å²) in [5.41, 5.74) is 2.26. The largest absolute Gasteiger partial charge is 0.459 e. The first-order valence-electron chi connectivity index (χ1n) is 7.15. The molecule has 0 saturated carbocycles. The summed E-state index contributed by atoms with van der Waals surface area (Å²) in [6.45, 7) is 4.35. The number of aryl methyl sites for hydroxylation is 1. The molecule has 19 heavy (non-hydrogen) atoms. The molecule has 100 valence electrons. The van der Waals surface area contributed by atoms with Gasteiger partial charge in [0, 0.05) is 11.4 Å². The zero-order valence-electron chi connectivity index (χ0n) is 11.6. The van der Waals surface area contributed by atoms with Gasteiger partial charge in [-0.3, -0.25) is 0 Å². The van der Waals surface area contributed by atoms with Crippen molar-refractivity contribution in [1.82, 2.24) is 5.32 Å². The van der Waals surface area contributed by atoms with Gasteiger partial charge in [0.1, 0.15) is 11.3 Å². The van der Waals surface area contributed by atoms with E-state index in [1.807, 2.05) is 12.1 Å². The maximum atomic E-state index is 6.02. The molecule has 1 heterocycles. The molecule has 2 aromatic rings. The number of benzene rings is 1. The normalized spacial score (nSPS) is 20.8. The van der Waals surface area contributed by atoms with Crippen molar-refractivity contribution in [2.75, 3.05) is 0 Å². The van der Waals surface area contributed by atoms with E-state index in [4.69, 9.17) is 4.42 Å². The van der Waals surface area contributed by atoms with Crippen molar-refractivity contribution in [2.45, 2.75) is 45.2 Å². The van der Waals surface area contributed by atoms with Gasteiger partial charge in [0.05, 0.1) is 6.04 Å².